The average Bonchev–Trinajstić information content (AvgIpc) is 1.76. The molecule has 16 aromatic carbocycles. The van der Waals surface area contributed by atoms with Gasteiger partial charge in [-0.3, -0.25) is 0 Å². The van der Waals surface area contributed by atoms with E-state index in [-0.39, 0.29) is 6.04 Å². The third kappa shape index (κ3) is 11.8. The van der Waals surface area contributed by atoms with Gasteiger partial charge in [0.1, 0.15) is 28.0 Å². The topological polar surface area (TPSA) is 115 Å². The van der Waals surface area contributed by atoms with Gasteiger partial charge in [-0.2, -0.15) is 0 Å². The number of amidine groups is 1. The fourth-order valence-corrected chi connectivity index (χ4v) is 15.4. The maximum absolute atomic E-state index is 6.28. The van der Waals surface area contributed by atoms with Crippen LogP contribution in [0.1, 0.15) is 22.7 Å². The van der Waals surface area contributed by atoms with Crippen LogP contribution in [0.15, 0.2) is 382 Å². The zero-order valence-corrected chi connectivity index (χ0v) is 58.7. The van der Waals surface area contributed by atoms with E-state index in [2.05, 4.69) is 284 Å². The van der Waals surface area contributed by atoms with Gasteiger partial charge in [0, 0.05) is 44.2 Å². The first-order valence-corrected chi connectivity index (χ1v) is 36.7. The first kappa shape index (κ1) is 62.9. The second-order valence-electron chi connectivity index (χ2n) is 28.0. The maximum Gasteiger partial charge on any atom is 0.227 e. The second kappa shape index (κ2) is 26.2. The molecule has 9 nitrogen and oxygen atoms in total. The van der Waals surface area contributed by atoms with Crippen molar-refractivity contribution >= 4 is 88.0 Å². The van der Waals surface area contributed by atoms with Crippen molar-refractivity contribution in [3.8, 4) is 112 Å². The van der Waals surface area contributed by atoms with Crippen LogP contribution in [0, 0.1) is 0 Å². The summed E-state index contributed by atoms with van der Waals surface area (Å²) in [6.07, 6.45) is 2.23. The van der Waals surface area contributed by atoms with Crippen molar-refractivity contribution in [2.45, 2.75) is 6.04 Å². The molecule has 1 aliphatic rings. The van der Waals surface area contributed by atoms with Crippen LogP contribution in [-0.4, -0.2) is 25.8 Å². The molecule has 1 atom stereocenters. The van der Waals surface area contributed by atoms with Crippen LogP contribution in [0.2, 0.25) is 0 Å². The van der Waals surface area contributed by atoms with Crippen molar-refractivity contribution in [2.24, 2.45) is 4.99 Å². The molecule has 510 valence electrons. The normalized spacial score (nSPS) is 13.0. The van der Waals surface area contributed by atoms with Crippen LogP contribution in [0.3, 0.4) is 0 Å². The van der Waals surface area contributed by atoms with Gasteiger partial charge in [-0.05, 0) is 202 Å². The van der Waals surface area contributed by atoms with Crippen molar-refractivity contribution in [2.75, 3.05) is 0 Å². The van der Waals surface area contributed by atoms with E-state index >= 15 is 0 Å². The summed E-state index contributed by atoms with van der Waals surface area (Å²) in [4.78, 5) is 25.3. The lowest BCUT2D eigenvalue weighted by atomic mass is 9.94. The minimum Gasteiger partial charge on any atom is -0.456 e. The Hall–Kier alpha value is -14.7. The van der Waals surface area contributed by atoms with E-state index in [4.69, 9.17) is 38.2 Å². The molecule has 0 saturated carbocycles. The van der Waals surface area contributed by atoms with Crippen molar-refractivity contribution < 1.29 is 13.3 Å². The Kier molecular flexibility index (Phi) is 15.1. The van der Waals surface area contributed by atoms with E-state index in [0.717, 1.165) is 162 Å². The molecule has 1 aliphatic heterocycles. The number of hydrogen-bond donors (Lipinski definition) is 1. The zero-order valence-electron chi connectivity index (χ0n) is 58.7. The van der Waals surface area contributed by atoms with Gasteiger partial charge < -0.3 is 18.6 Å². The maximum atomic E-state index is 6.28. The molecule has 0 bridgehead atoms. The van der Waals surface area contributed by atoms with Crippen LogP contribution >= 0.6 is 0 Å². The summed E-state index contributed by atoms with van der Waals surface area (Å²) < 4.78 is 18.6. The number of nitrogens with zero attached hydrogens (tertiary/aromatic N) is 5. The van der Waals surface area contributed by atoms with Crippen LogP contribution in [0.5, 0.6) is 0 Å². The van der Waals surface area contributed by atoms with Gasteiger partial charge in [0.2, 0.25) is 11.8 Å². The van der Waals surface area contributed by atoms with E-state index in [1.165, 1.54) is 37.9 Å². The molecule has 21 rings (SSSR count). The number of furan rings is 1. The van der Waals surface area contributed by atoms with Gasteiger partial charge in [0.05, 0.1) is 23.1 Å². The van der Waals surface area contributed by atoms with E-state index in [9.17, 15) is 0 Å². The predicted molar refractivity (Wildman–Crippen MR) is 445 cm³/mol. The lowest BCUT2D eigenvalue weighted by Crippen LogP contribution is -2.31. The van der Waals surface area contributed by atoms with Crippen molar-refractivity contribution in [3.05, 3.63) is 381 Å². The quantitative estimate of drug-likeness (QED) is 0.121. The van der Waals surface area contributed by atoms with Gasteiger partial charge in [-0.15, -0.1) is 0 Å². The monoisotopic (exact) mass is 1390 g/mol. The molecule has 9 heteroatoms. The highest BCUT2D eigenvalue weighted by atomic mass is 16.4. The smallest absolute Gasteiger partial charge is 0.227 e. The first-order chi connectivity index (χ1) is 53.9. The molecule has 0 amide bonds. The number of fused-ring (bicyclic) bond motifs is 8. The molecule has 109 heavy (non-hydrogen) atoms. The number of hydrogen-bond acceptors (Lipinski definition) is 9. The van der Waals surface area contributed by atoms with Gasteiger partial charge in [-0.25, -0.2) is 24.9 Å². The molecular weight excluding hydrogens is 1330 g/mol. The highest BCUT2D eigenvalue weighted by Crippen LogP contribution is 2.40. The summed E-state index contributed by atoms with van der Waals surface area (Å²) in [7, 11) is 0. The van der Waals surface area contributed by atoms with Crippen LogP contribution in [-0.2, 0) is 0 Å². The zero-order chi connectivity index (χ0) is 71.9. The molecule has 0 spiro atoms. The molecule has 1 N–H and O–H groups in total. The molecule has 5 heterocycles. The van der Waals surface area contributed by atoms with Gasteiger partial charge >= 0.3 is 0 Å². The van der Waals surface area contributed by atoms with Gasteiger partial charge in [-0.1, -0.05) is 261 Å². The lowest BCUT2D eigenvalue weighted by Gasteiger charge is -2.25. The fourth-order valence-electron chi connectivity index (χ4n) is 15.4. The standard InChI is InChI=1S/C100H62N6O3/c1-2-12-83-66(10-1)11-9-14-84(83)67-30-38-71(39-31-67)92-60-91(103-98(104-92)73-42-46-75(47-43-73)100-106-88-16-5-8-19-95(88)109-100)69-34-22-62(23-35-69)77-49-27-65-29-51-79(57-82(65)55-77)78-50-28-64-26-48-76(54-81(64)56-78)61-20-32-68(33-21-61)89-59-90(102-97(101-89)72-40-44-74(45-41-72)99-105-87-15-4-7-18-94(87)108-99)70-36-24-63(25-37-70)80-52-53-86-85-13-3-6-17-93(85)107-96(86)58-80/h1-60,89H,(H,101,102). The Morgan fingerprint density at radius 1 is 0.248 bits per heavy atom. The van der Waals surface area contributed by atoms with E-state index in [0.29, 0.717) is 17.6 Å². The number of benzene rings is 16. The Morgan fingerprint density at radius 2 is 0.670 bits per heavy atom. The van der Waals surface area contributed by atoms with Gasteiger partial charge in [0.25, 0.3) is 0 Å². The summed E-state index contributed by atoms with van der Waals surface area (Å²) in [5.41, 5.74) is 26.6. The summed E-state index contributed by atoms with van der Waals surface area (Å²) in [5.74, 6) is 2.55. The molecule has 0 fully saturated rings. The van der Waals surface area contributed by atoms with Crippen LogP contribution < -0.4 is 5.32 Å². The largest absolute Gasteiger partial charge is 0.456 e. The number of para-hydroxylation sites is 5. The SMILES string of the molecule is C1=C(c2ccc(-c3ccc4c(c3)oc3ccccc34)cc2)N=C(c2ccc(-c3nc4ccccc4o3)cc2)NC1c1ccc(-c2ccc3ccc(-c4ccc5ccc(-c6ccc(-c7cc(-c8ccc(-c9cccc%10ccccc9%10)cc8)nc(-c8ccc(-c9nc%10ccccc%10o9)cc8)n7)cc6)cc5c4)cc3c2)cc1. The fraction of sp³-hybridized carbons (Fsp3) is 0.0100. The Morgan fingerprint density at radius 3 is 1.25 bits per heavy atom. The lowest BCUT2D eigenvalue weighted by molar-refractivity contribution is 0.619. The molecule has 0 saturated heterocycles. The Labute approximate surface area is 626 Å². The summed E-state index contributed by atoms with van der Waals surface area (Å²) in [6.45, 7) is 0. The molecule has 1 unspecified atom stereocenters. The number of oxazole rings is 2. The third-order valence-electron chi connectivity index (χ3n) is 21.3. The Balaban J connectivity index is 0.550. The first-order valence-electron chi connectivity index (χ1n) is 36.7. The second-order valence-corrected chi connectivity index (χ2v) is 28.0. The molecular formula is C100H62N6O3. The number of aliphatic imine (C=N–C) groups is 1. The van der Waals surface area contributed by atoms with Crippen molar-refractivity contribution in [1.82, 2.24) is 25.3 Å². The van der Waals surface area contributed by atoms with Crippen LogP contribution in [0.25, 0.3) is 195 Å². The van der Waals surface area contributed by atoms with E-state index in [1.807, 2.05) is 84.9 Å². The minimum absolute atomic E-state index is 0.177. The molecule has 0 radical (unpaired) electrons. The molecule has 20 aromatic rings. The molecule has 4 aromatic heterocycles. The van der Waals surface area contributed by atoms with Crippen LogP contribution in [0.4, 0.5) is 0 Å². The van der Waals surface area contributed by atoms with E-state index < -0.39 is 0 Å². The van der Waals surface area contributed by atoms with Crippen molar-refractivity contribution in [1.29, 1.82) is 0 Å². The van der Waals surface area contributed by atoms with Gasteiger partial charge in [0.15, 0.2) is 17.0 Å². The highest BCUT2D eigenvalue weighted by molar-refractivity contribution is 6.07. The number of rotatable bonds is 13. The number of nitrogens with one attached hydrogen (secondary N) is 1. The minimum atomic E-state index is -0.177. The predicted octanol–water partition coefficient (Wildman–Crippen LogP) is 25.9. The third-order valence-corrected chi connectivity index (χ3v) is 21.3. The average molecular weight is 1400 g/mol. The van der Waals surface area contributed by atoms with E-state index in [1.54, 1.807) is 0 Å². The van der Waals surface area contributed by atoms with Crippen molar-refractivity contribution in [3.63, 3.8) is 0 Å². The highest BCUT2D eigenvalue weighted by Gasteiger charge is 2.23. The summed E-state index contributed by atoms with van der Waals surface area (Å²) >= 11 is 0. The molecule has 0 aliphatic carbocycles. The summed E-state index contributed by atoms with van der Waals surface area (Å²) in [5, 5.41) is 13.2. The Bertz CT molecular complexity index is 6960. The number of aromatic nitrogens is 4. The summed E-state index contributed by atoms with van der Waals surface area (Å²) in [6, 6.07) is 126.